The molecule has 1 saturated carbocycles. The van der Waals surface area contributed by atoms with Crippen molar-refractivity contribution in [2.75, 3.05) is 5.32 Å². The summed E-state index contributed by atoms with van der Waals surface area (Å²) in [6, 6.07) is 9.45. The number of benzene rings is 1. The van der Waals surface area contributed by atoms with Crippen LogP contribution in [0.25, 0.3) is 0 Å². The van der Waals surface area contributed by atoms with Crippen LogP contribution in [0.15, 0.2) is 41.0 Å². The molecule has 1 amide bonds. The predicted molar refractivity (Wildman–Crippen MR) is 88.2 cm³/mol. The molecule has 0 unspecified atom stereocenters. The van der Waals surface area contributed by atoms with Gasteiger partial charge in [0.1, 0.15) is 12.7 Å². The van der Waals surface area contributed by atoms with Gasteiger partial charge in [-0.15, -0.1) is 0 Å². The van der Waals surface area contributed by atoms with E-state index >= 15 is 0 Å². The zero-order valence-electron chi connectivity index (χ0n) is 12.4. The third-order valence-electron chi connectivity index (χ3n) is 3.47. The van der Waals surface area contributed by atoms with Crippen LogP contribution in [0, 0.1) is 0 Å². The van der Waals surface area contributed by atoms with Gasteiger partial charge in [-0.25, -0.2) is 9.78 Å². The lowest BCUT2D eigenvalue weighted by Crippen LogP contribution is -2.25. The molecule has 1 aromatic carbocycles. The van der Waals surface area contributed by atoms with Crippen molar-refractivity contribution in [3.05, 3.63) is 46.6 Å². The van der Waals surface area contributed by atoms with E-state index in [1.54, 1.807) is 6.20 Å². The average molecular weight is 378 g/mol. The topological polar surface area (TPSA) is 73.3 Å². The zero-order valence-corrected chi connectivity index (χ0v) is 14.0. The van der Waals surface area contributed by atoms with Crippen LogP contribution in [-0.4, -0.2) is 22.2 Å². The number of nitrogens with zero attached hydrogens (tertiary/aromatic N) is 2. The fraction of sp³-hybridized carbons (Fsp3) is 0.312. The number of hydrogen-bond donors (Lipinski definition) is 1. The molecule has 120 valence electrons. The number of anilines is 1. The minimum absolute atomic E-state index is 0.153. The molecule has 1 aliphatic rings. The van der Waals surface area contributed by atoms with Crippen molar-refractivity contribution < 1.29 is 14.3 Å². The van der Waals surface area contributed by atoms with E-state index < -0.39 is 6.09 Å². The second kappa shape index (κ2) is 7.41. The van der Waals surface area contributed by atoms with E-state index in [9.17, 15) is 4.79 Å². The summed E-state index contributed by atoms with van der Waals surface area (Å²) >= 11 is 3.35. The molecule has 3 rings (SSSR count). The van der Waals surface area contributed by atoms with Crippen molar-refractivity contribution >= 4 is 28.0 Å². The van der Waals surface area contributed by atoms with Gasteiger partial charge in [-0.1, -0.05) is 30.3 Å². The van der Waals surface area contributed by atoms with E-state index in [2.05, 4.69) is 31.2 Å². The predicted octanol–water partition coefficient (Wildman–Crippen LogP) is 3.92. The van der Waals surface area contributed by atoms with E-state index in [1.165, 1.54) is 6.42 Å². The Hall–Kier alpha value is -2.15. The smallest absolute Gasteiger partial charge is 0.414 e. The summed E-state index contributed by atoms with van der Waals surface area (Å²) in [4.78, 5) is 20.0. The zero-order chi connectivity index (χ0) is 16.1. The Morgan fingerprint density at radius 1 is 1.30 bits per heavy atom. The molecule has 1 N–H and O–H groups in total. The van der Waals surface area contributed by atoms with Gasteiger partial charge in [0.2, 0.25) is 11.8 Å². The van der Waals surface area contributed by atoms with Crippen LogP contribution in [0.5, 0.6) is 5.88 Å². The molecule has 0 aliphatic heterocycles. The molecule has 1 aromatic heterocycles. The second-order valence-corrected chi connectivity index (χ2v) is 6.06. The third-order valence-corrected chi connectivity index (χ3v) is 4.01. The Bertz CT molecular complexity index is 678. The molecule has 2 aromatic rings. The van der Waals surface area contributed by atoms with Crippen molar-refractivity contribution in [1.29, 1.82) is 0 Å². The van der Waals surface area contributed by atoms with Crippen LogP contribution >= 0.6 is 15.9 Å². The Kier molecular flexibility index (Phi) is 5.07. The van der Waals surface area contributed by atoms with Gasteiger partial charge in [-0.2, -0.15) is 4.98 Å². The lowest BCUT2D eigenvalue weighted by atomic mass is 9.96. The van der Waals surface area contributed by atoms with Gasteiger partial charge in [0.25, 0.3) is 0 Å². The molecule has 0 bridgehead atoms. The quantitative estimate of drug-likeness (QED) is 0.854. The maximum Gasteiger partial charge on any atom is 0.414 e. The second-order valence-electron chi connectivity index (χ2n) is 5.20. The van der Waals surface area contributed by atoms with Crippen molar-refractivity contribution in [3.63, 3.8) is 0 Å². The molecule has 1 heterocycles. The van der Waals surface area contributed by atoms with Crippen molar-refractivity contribution in [1.82, 2.24) is 9.97 Å². The number of carbonyl (C=O) groups is 1. The Labute approximate surface area is 142 Å². The number of hydrogen-bond acceptors (Lipinski definition) is 5. The van der Waals surface area contributed by atoms with Crippen LogP contribution < -0.4 is 10.1 Å². The van der Waals surface area contributed by atoms with Gasteiger partial charge >= 0.3 is 6.09 Å². The molecule has 6 nitrogen and oxygen atoms in total. The highest BCUT2D eigenvalue weighted by Gasteiger charge is 2.21. The number of halogens is 1. The highest BCUT2D eigenvalue weighted by atomic mass is 79.9. The van der Waals surface area contributed by atoms with Gasteiger partial charge in [0, 0.05) is 0 Å². The normalized spacial score (nSPS) is 14.0. The first kappa shape index (κ1) is 15.7. The van der Waals surface area contributed by atoms with Crippen LogP contribution in [0.1, 0.15) is 24.8 Å². The molecule has 0 spiro atoms. The first-order valence-electron chi connectivity index (χ1n) is 7.37. The first-order valence-corrected chi connectivity index (χ1v) is 8.17. The molecule has 7 heteroatoms. The number of rotatable bonds is 5. The number of ether oxygens (including phenoxy) is 2. The molecule has 23 heavy (non-hydrogen) atoms. The lowest BCUT2D eigenvalue weighted by Gasteiger charge is -2.26. The number of aromatic nitrogens is 2. The molecular weight excluding hydrogens is 362 g/mol. The van der Waals surface area contributed by atoms with Crippen molar-refractivity contribution in [2.45, 2.75) is 32.0 Å². The molecular formula is C16H16BrN3O3. The molecule has 0 saturated heterocycles. The van der Waals surface area contributed by atoms with E-state index in [-0.39, 0.29) is 18.7 Å². The van der Waals surface area contributed by atoms with E-state index in [0.29, 0.717) is 10.4 Å². The Morgan fingerprint density at radius 3 is 2.78 bits per heavy atom. The summed E-state index contributed by atoms with van der Waals surface area (Å²) < 4.78 is 11.5. The molecule has 0 atom stereocenters. The highest BCUT2D eigenvalue weighted by molar-refractivity contribution is 9.10. The van der Waals surface area contributed by atoms with Crippen LogP contribution in [0.3, 0.4) is 0 Å². The Balaban J connectivity index is 1.56. The summed E-state index contributed by atoms with van der Waals surface area (Å²) in [5, 5.41) is 2.50. The van der Waals surface area contributed by atoms with Crippen molar-refractivity contribution in [2.24, 2.45) is 0 Å². The summed E-state index contributed by atoms with van der Waals surface area (Å²) in [7, 11) is 0. The number of carbonyl (C=O) groups excluding carboxylic acids is 1. The Morgan fingerprint density at radius 2 is 2.09 bits per heavy atom. The maximum absolute atomic E-state index is 11.8. The summed E-state index contributed by atoms with van der Waals surface area (Å²) in [5.41, 5.74) is 0.911. The summed E-state index contributed by atoms with van der Waals surface area (Å²) in [5.74, 6) is 0.587. The van der Waals surface area contributed by atoms with Crippen LogP contribution in [0.4, 0.5) is 10.7 Å². The van der Waals surface area contributed by atoms with Gasteiger partial charge in [0.15, 0.2) is 0 Å². The minimum atomic E-state index is -0.606. The number of amides is 1. The first-order chi connectivity index (χ1) is 11.2. The van der Waals surface area contributed by atoms with Gasteiger partial charge < -0.3 is 9.47 Å². The average Bonchev–Trinajstić information content (AvgIpc) is 2.52. The van der Waals surface area contributed by atoms with E-state index in [4.69, 9.17) is 9.47 Å². The molecule has 1 aliphatic carbocycles. The number of nitrogens with one attached hydrogen (secondary N) is 1. The summed E-state index contributed by atoms with van der Waals surface area (Å²) in [6.07, 6.45) is 4.36. The molecule has 1 fully saturated rings. The standard InChI is InChI=1S/C16H16BrN3O3/c17-13-9-18-15(19-14(13)23-12-7-4-8-12)20-16(21)22-10-11-5-2-1-3-6-11/h1-3,5-6,9,12H,4,7-8,10H2,(H,18,19,20,21). The van der Waals surface area contributed by atoms with E-state index in [1.807, 2.05) is 30.3 Å². The van der Waals surface area contributed by atoms with Crippen LogP contribution in [-0.2, 0) is 11.3 Å². The summed E-state index contributed by atoms with van der Waals surface area (Å²) in [6.45, 7) is 0.189. The monoisotopic (exact) mass is 377 g/mol. The van der Waals surface area contributed by atoms with Gasteiger partial charge in [-0.05, 0) is 40.8 Å². The van der Waals surface area contributed by atoms with Gasteiger partial charge in [-0.3, -0.25) is 5.32 Å². The lowest BCUT2D eigenvalue weighted by molar-refractivity contribution is 0.113. The minimum Gasteiger partial charge on any atom is -0.473 e. The van der Waals surface area contributed by atoms with Crippen molar-refractivity contribution in [3.8, 4) is 5.88 Å². The van der Waals surface area contributed by atoms with Crippen LogP contribution in [0.2, 0.25) is 0 Å². The largest absolute Gasteiger partial charge is 0.473 e. The highest BCUT2D eigenvalue weighted by Crippen LogP contribution is 2.29. The molecule has 0 radical (unpaired) electrons. The van der Waals surface area contributed by atoms with E-state index in [0.717, 1.165) is 18.4 Å². The van der Waals surface area contributed by atoms with Gasteiger partial charge in [0.05, 0.1) is 10.7 Å². The SMILES string of the molecule is O=C(Nc1ncc(Br)c(OC2CCC2)n1)OCc1ccccc1. The third kappa shape index (κ3) is 4.41. The maximum atomic E-state index is 11.8. The fourth-order valence-corrected chi connectivity index (χ4v) is 2.28. The fourth-order valence-electron chi connectivity index (χ4n) is 1.99.